The van der Waals surface area contributed by atoms with Crippen molar-refractivity contribution in [2.24, 2.45) is 0 Å². The molecule has 4 heteroatoms. The predicted octanol–water partition coefficient (Wildman–Crippen LogP) is 5.00. The van der Waals surface area contributed by atoms with Gasteiger partial charge in [0.15, 0.2) is 0 Å². The Labute approximate surface area is 134 Å². The third-order valence-corrected chi connectivity index (χ3v) is 4.47. The first kappa shape index (κ1) is 14.7. The number of rotatable bonds is 4. The molecule has 3 nitrogen and oxygen atoms in total. The van der Waals surface area contributed by atoms with Gasteiger partial charge < -0.3 is 4.74 Å². The van der Waals surface area contributed by atoms with E-state index in [-0.39, 0.29) is 0 Å². The summed E-state index contributed by atoms with van der Waals surface area (Å²) in [6.45, 7) is 4.38. The Balaban J connectivity index is 1.97. The van der Waals surface area contributed by atoms with Crippen LogP contribution in [0.3, 0.4) is 0 Å². The smallest absolute Gasteiger partial charge is 0.125 e. The van der Waals surface area contributed by atoms with Gasteiger partial charge in [-0.25, -0.2) is 4.98 Å². The number of ether oxygens (including phenoxy) is 1. The van der Waals surface area contributed by atoms with E-state index in [1.807, 2.05) is 36.7 Å². The maximum Gasteiger partial charge on any atom is 0.125 e. The number of thiazole rings is 1. The van der Waals surface area contributed by atoms with Crippen molar-refractivity contribution in [3.63, 3.8) is 0 Å². The summed E-state index contributed by atoms with van der Waals surface area (Å²) in [6, 6.07) is 10.1. The zero-order chi connectivity index (χ0) is 15.5. The average molecular weight is 310 g/mol. The minimum Gasteiger partial charge on any atom is -0.497 e. The van der Waals surface area contributed by atoms with E-state index in [1.165, 1.54) is 5.56 Å². The molecule has 0 amide bonds. The average Bonchev–Trinajstić information content (AvgIpc) is 3.04. The van der Waals surface area contributed by atoms with Gasteiger partial charge in [0.05, 0.1) is 12.8 Å². The summed E-state index contributed by atoms with van der Waals surface area (Å²) in [4.78, 5) is 9.05. The van der Waals surface area contributed by atoms with Gasteiger partial charge >= 0.3 is 0 Å². The summed E-state index contributed by atoms with van der Waals surface area (Å²) in [7, 11) is 1.67. The molecule has 112 valence electrons. The Morgan fingerprint density at radius 2 is 1.86 bits per heavy atom. The molecule has 0 unspecified atom stereocenters. The van der Waals surface area contributed by atoms with Gasteiger partial charge in [0.1, 0.15) is 10.8 Å². The number of pyridine rings is 1. The van der Waals surface area contributed by atoms with Gasteiger partial charge in [0.2, 0.25) is 0 Å². The molecule has 2 heterocycles. The molecule has 0 N–H and O–H groups in total. The predicted molar refractivity (Wildman–Crippen MR) is 91.4 cm³/mol. The molecule has 0 saturated carbocycles. The summed E-state index contributed by atoms with van der Waals surface area (Å²) in [5.41, 5.74) is 4.49. The van der Waals surface area contributed by atoms with Crippen molar-refractivity contribution in [3.8, 4) is 27.6 Å². The quantitative estimate of drug-likeness (QED) is 0.680. The van der Waals surface area contributed by atoms with Crippen LogP contribution in [0, 0.1) is 0 Å². The molecular weight excluding hydrogens is 292 g/mol. The maximum absolute atomic E-state index is 5.20. The molecule has 0 spiro atoms. The van der Waals surface area contributed by atoms with E-state index >= 15 is 0 Å². The van der Waals surface area contributed by atoms with E-state index < -0.39 is 0 Å². The Bertz CT molecular complexity index is 763. The molecule has 22 heavy (non-hydrogen) atoms. The fourth-order valence-electron chi connectivity index (χ4n) is 2.38. The monoisotopic (exact) mass is 310 g/mol. The first-order valence-electron chi connectivity index (χ1n) is 7.23. The second kappa shape index (κ2) is 6.28. The van der Waals surface area contributed by atoms with E-state index in [0.29, 0.717) is 5.92 Å². The molecule has 0 aliphatic heterocycles. The van der Waals surface area contributed by atoms with E-state index in [2.05, 4.69) is 30.3 Å². The minimum atomic E-state index is 0.450. The van der Waals surface area contributed by atoms with Crippen molar-refractivity contribution < 1.29 is 4.74 Å². The molecule has 0 fully saturated rings. The molecule has 2 aromatic heterocycles. The molecule has 0 radical (unpaired) electrons. The van der Waals surface area contributed by atoms with Gasteiger partial charge in [-0.3, -0.25) is 4.98 Å². The van der Waals surface area contributed by atoms with Gasteiger partial charge in [-0.2, -0.15) is 0 Å². The van der Waals surface area contributed by atoms with Crippen LogP contribution >= 0.6 is 11.3 Å². The lowest BCUT2D eigenvalue weighted by molar-refractivity contribution is 0.415. The van der Waals surface area contributed by atoms with Crippen molar-refractivity contribution in [2.75, 3.05) is 7.11 Å². The van der Waals surface area contributed by atoms with E-state index in [9.17, 15) is 0 Å². The standard InChI is InChI=1S/C18H18N2OS/c1-12(2)15-8-9-19-10-16(15)18-20-17(11-22-18)13-4-6-14(21-3)7-5-13/h4-12H,1-3H3. The number of aromatic nitrogens is 2. The van der Waals surface area contributed by atoms with Crippen molar-refractivity contribution in [1.29, 1.82) is 0 Å². The second-order valence-corrected chi connectivity index (χ2v) is 6.24. The highest BCUT2D eigenvalue weighted by atomic mass is 32.1. The molecule has 1 aromatic carbocycles. The summed E-state index contributed by atoms with van der Waals surface area (Å²) in [5.74, 6) is 1.31. The van der Waals surface area contributed by atoms with Crippen LogP contribution in [0.25, 0.3) is 21.8 Å². The van der Waals surface area contributed by atoms with Crippen LogP contribution in [0.4, 0.5) is 0 Å². The summed E-state index contributed by atoms with van der Waals surface area (Å²) >= 11 is 1.66. The summed E-state index contributed by atoms with van der Waals surface area (Å²) < 4.78 is 5.20. The van der Waals surface area contributed by atoms with Gasteiger partial charge in [0.25, 0.3) is 0 Å². The lowest BCUT2D eigenvalue weighted by Crippen LogP contribution is -1.93. The highest BCUT2D eigenvalue weighted by Crippen LogP contribution is 2.33. The molecular formula is C18H18N2OS. The van der Waals surface area contributed by atoms with Crippen molar-refractivity contribution in [1.82, 2.24) is 9.97 Å². The van der Waals surface area contributed by atoms with Crippen molar-refractivity contribution >= 4 is 11.3 Å². The zero-order valence-corrected chi connectivity index (χ0v) is 13.7. The summed E-state index contributed by atoms with van der Waals surface area (Å²) in [5, 5.41) is 3.11. The van der Waals surface area contributed by atoms with Crippen LogP contribution in [-0.4, -0.2) is 17.1 Å². The second-order valence-electron chi connectivity index (χ2n) is 5.38. The number of hydrogen-bond donors (Lipinski definition) is 0. The number of methoxy groups -OCH3 is 1. The number of nitrogens with zero attached hydrogens (tertiary/aromatic N) is 2. The number of hydrogen-bond acceptors (Lipinski definition) is 4. The van der Waals surface area contributed by atoms with Crippen LogP contribution < -0.4 is 4.74 Å². The first-order valence-corrected chi connectivity index (χ1v) is 8.11. The van der Waals surface area contributed by atoms with Crippen LogP contribution in [0.1, 0.15) is 25.3 Å². The minimum absolute atomic E-state index is 0.450. The van der Waals surface area contributed by atoms with Gasteiger partial charge in [-0.1, -0.05) is 13.8 Å². The molecule has 3 rings (SSSR count). The Morgan fingerprint density at radius 1 is 1.09 bits per heavy atom. The normalized spacial score (nSPS) is 10.9. The zero-order valence-electron chi connectivity index (χ0n) is 12.9. The van der Waals surface area contributed by atoms with Gasteiger partial charge in [-0.05, 0) is 41.8 Å². The Kier molecular flexibility index (Phi) is 4.20. The highest BCUT2D eigenvalue weighted by Gasteiger charge is 2.12. The Hall–Kier alpha value is -2.20. The van der Waals surface area contributed by atoms with E-state index in [1.54, 1.807) is 18.4 Å². The van der Waals surface area contributed by atoms with E-state index in [0.717, 1.165) is 27.6 Å². The Morgan fingerprint density at radius 3 is 2.55 bits per heavy atom. The first-order chi connectivity index (χ1) is 10.7. The fraction of sp³-hybridized carbons (Fsp3) is 0.222. The lowest BCUT2D eigenvalue weighted by atomic mass is 10.00. The van der Waals surface area contributed by atoms with Crippen molar-refractivity contribution in [2.45, 2.75) is 19.8 Å². The lowest BCUT2D eigenvalue weighted by Gasteiger charge is -2.09. The van der Waals surface area contributed by atoms with Gasteiger partial charge in [-0.15, -0.1) is 11.3 Å². The largest absolute Gasteiger partial charge is 0.497 e. The highest BCUT2D eigenvalue weighted by molar-refractivity contribution is 7.13. The molecule has 0 saturated heterocycles. The topological polar surface area (TPSA) is 35.0 Å². The number of benzene rings is 1. The molecule has 0 aliphatic carbocycles. The van der Waals surface area contributed by atoms with Crippen LogP contribution in [0.15, 0.2) is 48.1 Å². The molecule has 0 aliphatic rings. The fourth-order valence-corrected chi connectivity index (χ4v) is 3.24. The third kappa shape index (κ3) is 2.88. The summed E-state index contributed by atoms with van der Waals surface area (Å²) in [6.07, 6.45) is 3.75. The SMILES string of the molecule is COc1ccc(-c2csc(-c3cnccc3C(C)C)n2)cc1. The van der Waals surface area contributed by atoms with Crippen molar-refractivity contribution in [3.05, 3.63) is 53.7 Å². The molecule has 3 aromatic rings. The van der Waals surface area contributed by atoms with Gasteiger partial charge in [0, 0.05) is 28.9 Å². The molecule has 0 bridgehead atoms. The third-order valence-electron chi connectivity index (χ3n) is 3.60. The van der Waals surface area contributed by atoms with Crippen LogP contribution in [0.5, 0.6) is 5.75 Å². The van der Waals surface area contributed by atoms with Crippen LogP contribution in [-0.2, 0) is 0 Å². The van der Waals surface area contributed by atoms with E-state index in [4.69, 9.17) is 9.72 Å². The van der Waals surface area contributed by atoms with Crippen LogP contribution in [0.2, 0.25) is 0 Å². The molecule has 0 atom stereocenters. The maximum atomic E-state index is 5.20.